The van der Waals surface area contributed by atoms with Crippen LogP contribution in [0.1, 0.15) is 30.6 Å². The fourth-order valence-electron chi connectivity index (χ4n) is 3.86. The molecule has 1 amide bonds. The first kappa shape index (κ1) is 24.6. The van der Waals surface area contributed by atoms with Crippen molar-refractivity contribution in [3.05, 3.63) is 29.8 Å². The summed E-state index contributed by atoms with van der Waals surface area (Å²) in [7, 11) is -5.52. The summed E-state index contributed by atoms with van der Waals surface area (Å²) in [6, 6.07) is 5.02. The molecule has 2 fully saturated rings. The van der Waals surface area contributed by atoms with Gasteiger partial charge in [0.2, 0.25) is 10.0 Å². The Morgan fingerprint density at radius 2 is 1.88 bits per heavy atom. The number of benzene rings is 1. The number of sulfone groups is 1. The van der Waals surface area contributed by atoms with Gasteiger partial charge in [-0.3, -0.25) is 4.79 Å². The lowest BCUT2D eigenvalue weighted by atomic mass is 10.2. The topological polar surface area (TPSA) is 127 Å². The van der Waals surface area contributed by atoms with Crippen molar-refractivity contribution in [2.75, 3.05) is 38.2 Å². The fraction of sp³-hybridized carbons (Fsp3) is 0.600. The summed E-state index contributed by atoms with van der Waals surface area (Å²) in [6.45, 7) is 3.43. The molecule has 0 saturated carbocycles. The second kappa shape index (κ2) is 9.46. The third-order valence-corrected chi connectivity index (χ3v) is 9.15. The van der Waals surface area contributed by atoms with Crippen molar-refractivity contribution in [2.45, 2.75) is 43.4 Å². The number of rotatable bonds is 6. The van der Waals surface area contributed by atoms with E-state index < -0.39 is 44.4 Å². The minimum atomic E-state index is -3.84. The van der Waals surface area contributed by atoms with Crippen molar-refractivity contribution in [3.8, 4) is 0 Å². The van der Waals surface area contributed by atoms with Crippen molar-refractivity contribution in [2.24, 2.45) is 0 Å². The van der Waals surface area contributed by atoms with Crippen LogP contribution in [0.25, 0.3) is 0 Å². The van der Waals surface area contributed by atoms with Crippen LogP contribution >= 0.6 is 0 Å². The number of morpholine rings is 1. The second-order valence-corrected chi connectivity index (χ2v) is 12.4. The number of carbonyl (C=O) groups excluding carboxylic acids is 2. The molecule has 0 aliphatic carbocycles. The first-order valence-electron chi connectivity index (χ1n) is 10.3. The van der Waals surface area contributed by atoms with Crippen LogP contribution in [0.2, 0.25) is 0 Å². The fourth-order valence-corrected chi connectivity index (χ4v) is 7.27. The molecule has 2 heterocycles. The highest BCUT2D eigenvalue weighted by Gasteiger charge is 2.34. The number of hydrogen-bond donors (Lipinski definition) is 0. The van der Waals surface area contributed by atoms with Gasteiger partial charge in [-0.25, -0.2) is 21.6 Å². The number of sulfonamides is 1. The summed E-state index contributed by atoms with van der Waals surface area (Å²) in [5.41, 5.74) is -0.000622. The maximum Gasteiger partial charge on any atom is 0.338 e. The Balaban J connectivity index is 1.64. The van der Waals surface area contributed by atoms with E-state index in [1.165, 1.54) is 40.5 Å². The predicted molar refractivity (Wildman–Crippen MR) is 115 cm³/mol. The van der Waals surface area contributed by atoms with Gasteiger partial charge >= 0.3 is 5.97 Å². The molecule has 1 aromatic carbocycles. The zero-order valence-electron chi connectivity index (χ0n) is 18.3. The van der Waals surface area contributed by atoms with Gasteiger partial charge in [0.15, 0.2) is 16.4 Å². The SMILES string of the molecule is C[C@@H]1CN(S(=O)(=O)c2cccc(C(=O)OCC(=O)N(C)[C@H]3CCS(=O)(=O)C3)c2)C[C@H](C)O1. The average Bonchev–Trinajstić information content (AvgIpc) is 3.10. The summed E-state index contributed by atoms with van der Waals surface area (Å²) < 4.78 is 61.2. The molecule has 0 bridgehead atoms. The third kappa shape index (κ3) is 5.66. The van der Waals surface area contributed by atoms with E-state index in [1.807, 2.05) is 0 Å². The lowest BCUT2D eigenvalue weighted by Crippen LogP contribution is -2.48. The largest absolute Gasteiger partial charge is 0.452 e. The Hall–Kier alpha value is -2.02. The van der Waals surface area contributed by atoms with Crippen molar-refractivity contribution in [1.82, 2.24) is 9.21 Å². The van der Waals surface area contributed by atoms with Crippen molar-refractivity contribution in [3.63, 3.8) is 0 Å². The van der Waals surface area contributed by atoms with Crippen molar-refractivity contribution < 1.29 is 35.9 Å². The molecule has 0 radical (unpaired) electrons. The van der Waals surface area contributed by atoms with Gasteiger partial charge in [0.1, 0.15) is 0 Å². The Morgan fingerprint density at radius 3 is 2.47 bits per heavy atom. The van der Waals surface area contributed by atoms with E-state index in [4.69, 9.17) is 9.47 Å². The number of amides is 1. The summed E-state index contributed by atoms with van der Waals surface area (Å²) in [5.74, 6) is -1.45. The summed E-state index contributed by atoms with van der Waals surface area (Å²) in [6.07, 6.45) is -0.156. The third-order valence-electron chi connectivity index (χ3n) is 5.57. The van der Waals surface area contributed by atoms with Crippen LogP contribution < -0.4 is 0 Å². The zero-order valence-corrected chi connectivity index (χ0v) is 19.9. The number of nitrogens with zero attached hydrogens (tertiary/aromatic N) is 2. The molecule has 12 heteroatoms. The molecule has 178 valence electrons. The molecule has 2 saturated heterocycles. The summed E-state index contributed by atoms with van der Waals surface area (Å²) in [5, 5.41) is 0. The molecule has 3 rings (SSSR count). The van der Waals surface area contributed by atoms with Gasteiger partial charge in [0, 0.05) is 26.2 Å². The molecule has 32 heavy (non-hydrogen) atoms. The van der Waals surface area contributed by atoms with Gasteiger partial charge in [0.25, 0.3) is 5.91 Å². The van der Waals surface area contributed by atoms with Crippen LogP contribution in [0, 0.1) is 0 Å². The van der Waals surface area contributed by atoms with Crippen molar-refractivity contribution >= 4 is 31.7 Å². The lowest BCUT2D eigenvalue weighted by Gasteiger charge is -2.34. The average molecular weight is 489 g/mol. The Bertz CT molecular complexity index is 1080. The van der Waals surface area contributed by atoms with Crippen LogP contribution in [0.15, 0.2) is 29.2 Å². The molecular formula is C20H28N2O8S2. The number of likely N-dealkylation sites (N-methyl/N-ethyl adjacent to an activating group) is 1. The number of ether oxygens (including phenoxy) is 2. The van der Waals surface area contributed by atoms with Crippen LogP contribution in [-0.4, -0.2) is 94.4 Å². The molecule has 1 aromatic rings. The number of esters is 1. The number of carbonyl (C=O) groups is 2. The van der Waals surface area contributed by atoms with Crippen LogP contribution in [-0.2, 0) is 34.1 Å². The normalized spacial score (nSPS) is 25.9. The van der Waals surface area contributed by atoms with E-state index in [2.05, 4.69) is 0 Å². The van der Waals surface area contributed by atoms with Crippen LogP contribution in [0.3, 0.4) is 0 Å². The first-order chi connectivity index (χ1) is 14.9. The Labute approximate surface area is 188 Å². The summed E-state index contributed by atoms with van der Waals surface area (Å²) in [4.78, 5) is 26.0. The maximum absolute atomic E-state index is 13.0. The van der Waals surface area contributed by atoms with Gasteiger partial charge in [0.05, 0.1) is 34.2 Å². The Kier molecular flexibility index (Phi) is 7.28. The van der Waals surface area contributed by atoms with Crippen molar-refractivity contribution in [1.29, 1.82) is 0 Å². The smallest absolute Gasteiger partial charge is 0.338 e. The van der Waals surface area contributed by atoms with E-state index in [9.17, 15) is 26.4 Å². The maximum atomic E-state index is 13.0. The van der Waals surface area contributed by atoms with E-state index in [-0.39, 0.29) is 47.3 Å². The van der Waals surface area contributed by atoms with E-state index >= 15 is 0 Å². The van der Waals surface area contributed by atoms with Gasteiger partial charge in [-0.2, -0.15) is 4.31 Å². The summed E-state index contributed by atoms with van der Waals surface area (Å²) >= 11 is 0. The zero-order chi connectivity index (χ0) is 23.7. The molecule has 2 aliphatic heterocycles. The van der Waals surface area contributed by atoms with Crippen LogP contribution in [0.5, 0.6) is 0 Å². The molecule has 10 nitrogen and oxygen atoms in total. The van der Waals surface area contributed by atoms with E-state index in [1.54, 1.807) is 13.8 Å². The minimum Gasteiger partial charge on any atom is -0.452 e. The van der Waals surface area contributed by atoms with Gasteiger partial charge in [-0.1, -0.05) is 6.07 Å². The standard InChI is InChI=1S/C20H28N2O8S2/c1-14-10-22(11-15(2)30-14)32(27,28)18-6-4-5-16(9-18)20(24)29-12-19(23)21(3)17-7-8-31(25,26)13-17/h4-6,9,14-15,17H,7-8,10-13H2,1-3H3/t14-,15+,17-/m0/s1. The first-order valence-corrected chi connectivity index (χ1v) is 13.5. The van der Waals surface area contributed by atoms with E-state index in [0.29, 0.717) is 6.42 Å². The molecule has 0 spiro atoms. The highest BCUT2D eigenvalue weighted by molar-refractivity contribution is 7.91. The molecule has 2 aliphatic rings. The second-order valence-electron chi connectivity index (χ2n) is 8.24. The highest BCUT2D eigenvalue weighted by Crippen LogP contribution is 2.22. The van der Waals surface area contributed by atoms with E-state index in [0.717, 1.165) is 0 Å². The Morgan fingerprint density at radius 1 is 1.22 bits per heavy atom. The predicted octanol–water partition coefficient (Wildman–Crippen LogP) is 0.287. The molecule has 0 unspecified atom stereocenters. The molecular weight excluding hydrogens is 460 g/mol. The monoisotopic (exact) mass is 488 g/mol. The lowest BCUT2D eigenvalue weighted by molar-refractivity contribution is -0.134. The van der Waals surface area contributed by atoms with Gasteiger partial charge < -0.3 is 14.4 Å². The molecule has 3 atom stereocenters. The van der Waals surface area contributed by atoms with Gasteiger partial charge in [-0.15, -0.1) is 0 Å². The quantitative estimate of drug-likeness (QED) is 0.523. The van der Waals surface area contributed by atoms with Crippen LogP contribution in [0.4, 0.5) is 0 Å². The molecule has 0 aromatic heterocycles. The van der Waals surface area contributed by atoms with Gasteiger partial charge in [-0.05, 0) is 38.5 Å². The highest BCUT2D eigenvalue weighted by atomic mass is 32.2. The minimum absolute atomic E-state index is 0.000622. The molecule has 0 N–H and O–H groups in total. The number of hydrogen-bond acceptors (Lipinski definition) is 8.